The Bertz CT molecular complexity index is 781. The summed E-state index contributed by atoms with van der Waals surface area (Å²) in [4.78, 5) is 30.4. The third-order valence-corrected chi connectivity index (χ3v) is 6.23. The van der Waals surface area contributed by atoms with Gasteiger partial charge in [0.1, 0.15) is 5.75 Å². The van der Waals surface area contributed by atoms with Crippen LogP contribution in [0.2, 0.25) is 10.0 Å². The van der Waals surface area contributed by atoms with E-state index in [2.05, 4.69) is 16.8 Å². The predicted molar refractivity (Wildman–Crippen MR) is 115 cm³/mol. The molecule has 0 saturated carbocycles. The molecule has 2 saturated heterocycles. The number of piperazine rings is 1. The summed E-state index contributed by atoms with van der Waals surface area (Å²) in [5.41, 5.74) is 0.631. The molecule has 2 aliphatic rings. The maximum absolute atomic E-state index is 12.6. The Balaban J connectivity index is 1.48. The highest BCUT2D eigenvalue weighted by molar-refractivity contribution is 6.42. The number of hydrogen-bond donors (Lipinski definition) is 1. The topological polar surface area (TPSA) is 65.1 Å². The summed E-state index contributed by atoms with van der Waals surface area (Å²) in [7, 11) is 1.54. The summed E-state index contributed by atoms with van der Waals surface area (Å²) < 4.78 is 5.29. The Morgan fingerprint density at radius 3 is 2.52 bits per heavy atom. The summed E-state index contributed by atoms with van der Waals surface area (Å²) in [5, 5.41) is 3.89. The SMILES string of the molecule is C=CC(=O)N1CCC(N2CCN(C(=O)CNc3cc(Cl)c(Cl)cc3OC)CC2)C1. The molecule has 1 N–H and O–H groups in total. The number of rotatable bonds is 6. The molecule has 1 atom stereocenters. The van der Waals surface area contributed by atoms with Gasteiger partial charge >= 0.3 is 0 Å². The van der Waals surface area contributed by atoms with E-state index in [0.717, 1.165) is 32.6 Å². The number of ether oxygens (including phenoxy) is 1. The molecule has 1 aromatic carbocycles. The first-order valence-corrected chi connectivity index (χ1v) is 10.4. The zero-order valence-electron chi connectivity index (χ0n) is 16.5. The molecule has 9 heteroatoms. The van der Waals surface area contributed by atoms with Gasteiger partial charge in [0.05, 0.1) is 29.4 Å². The van der Waals surface area contributed by atoms with Crippen molar-refractivity contribution in [1.82, 2.24) is 14.7 Å². The number of anilines is 1. The molecule has 1 aromatic rings. The number of carbonyl (C=O) groups is 2. The van der Waals surface area contributed by atoms with E-state index in [0.29, 0.717) is 40.6 Å². The number of carbonyl (C=O) groups excluding carboxylic acids is 2. The van der Waals surface area contributed by atoms with E-state index in [1.54, 1.807) is 19.2 Å². The minimum atomic E-state index is -0.00915. The normalized spacial score (nSPS) is 19.9. The number of hydrogen-bond acceptors (Lipinski definition) is 5. The van der Waals surface area contributed by atoms with Gasteiger partial charge in [-0.05, 0) is 18.6 Å². The molecule has 2 aliphatic heterocycles. The second-order valence-corrected chi connectivity index (χ2v) is 7.98. The number of nitrogens with zero attached hydrogens (tertiary/aromatic N) is 3. The van der Waals surface area contributed by atoms with Crippen LogP contribution in [0.1, 0.15) is 6.42 Å². The van der Waals surface area contributed by atoms with Gasteiger partial charge in [0, 0.05) is 51.4 Å². The molecule has 1 unspecified atom stereocenters. The largest absolute Gasteiger partial charge is 0.495 e. The number of methoxy groups -OCH3 is 1. The van der Waals surface area contributed by atoms with E-state index in [9.17, 15) is 9.59 Å². The van der Waals surface area contributed by atoms with Gasteiger partial charge in [0.2, 0.25) is 11.8 Å². The van der Waals surface area contributed by atoms with Crippen molar-refractivity contribution in [3.8, 4) is 5.75 Å². The van der Waals surface area contributed by atoms with Gasteiger partial charge in [-0.25, -0.2) is 0 Å². The molecule has 3 rings (SSSR count). The Morgan fingerprint density at radius 1 is 1.17 bits per heavy atom. The van der Waals surface area contributed by atoms with E-state index < -0.39 is 0 Å². The highest BCUT2D eigenvalue weighted by Gasteiger charge is 2.32. The van der Waals surface area contributed by atoms with Crippen molar-refractivity contribution < 1.29 is 14.3 Å². The fourth-order valence-corrected chi connectivity index (χ4v) is 4.14. The molecule has 2 amide bonds. The van der Waals surface area contributed by atoms with Crippen molar-refractivity contribution in [3.63, 3.8) is 0 Å². The predicted octanol–water partition coefficient (Wildman–Crippen LogP) is 2.34. The summed E-state index contributed by atoms with van der Waals surface area (Å²) >= 11 is 12.1. The number of amides is 2. The second-order valence-electron chi connectivity index (χ2n) is 7.17. The van der Waals surface area contributed by atoms with Crippen molar-refractivity contribution in [2.75, 3.05) is 58.2 Å². The van der Waals surface area contributed by atoms with Gasteiger partial charge in [0.25, 0.3) is 0 Å². The van der Waals surface area contributed by atoms with Gasteiger partial charge in [-0.15, -0.1) is 0 Å². The van der Waals surface area contributed by atoms with Crippen LogP contribution in [0.25, 0.3) is 0 Å². The molecular formula is C20H26Cl2N4O3. The van der Waals surface area contributed by atoms with Crippen molar-refractivity contribution in [2.24, 2.45) is 0 Å². The minimum Gasteiger partial charge on any atom is -0.495 e. The van der Waals surface area contributed by atoms with Gasteiger partial charge in [-0.1, -0.05) is 29.8 Å². The Morgan fingerprint density at radius 2 is 1.86 bits per heavy atom. The lowest BCUT2D eigenvalue weighted by atomic mass is 10.2. The van der Waals surface area contributed by atoms with Crippen LogP contribution in [0.3, 0.4) is 0 Å². The zero-order chi connectivity index (χ0) is 21.0. The molecule has 0 aliphatic carbocycles. The third-order valence-electron chi connectivity index (χ3n) is 5.51. The van der Waals surface area contributed by atoms with Crippen LogP contribution in [0.5, 0.6) is 5.75 Å². The molecule has 0 aromatic heterocycles. The van der Waals surface area contributed by atoms with Gasteiger partial charge < -0.3 is 19.9 Å². The Hall–Kier alpha value is -1.96. The molecule has 29 heavy (non-hydrogen) atoms. The smallest absolute Gasteiger partial charge is 0.246 e. The fourth-order valence-electron chi connectivity index (χ4n) is 3.82. The molecule has 0 spiro atoms. The van der Waals surface area contributed by atoms with Crippen molar-refractivity contribution in [1.29, 1.82) is 0 Å². The lowest BCUT2D eigenvalue weighted by molar-refractivity contribution is -0.131. The lowest BCUT2D eigenvalue weighted by Gasteiger charge is -2.38. The van der Waals surface area contributed by atoms with Crippen LogP contribution in [-0.2, 0) is 9.59 Å². The summed E-state index contributed by atoms with van der Waals surface area (Å²) in [6.45, 7) is 8.17. The van der Waals surface area contributed by atoms with Gasteiger partial charge in [0.15, 0.2) is 0 Å². The highest BCUT2D eigenvalue weighted by atomic mass is 35.5. The average molecular weight is 441 g/mol. The van der Waals surface area contributed by atoms with Gasteiger partial charge in [-0.3, -0.25) is 14.5 Å². The lowest BCUT2D eigenvalue weighted by Crippen LogP contribution is -2.53. The maximum atomic E-state index is 12.6. The summed E-state index contributed by atoms with van der Waals surface area (Å²) in [6, 6.07) is 3.64. The van der Waals surface area contributed by atoms with E-state index in [4.69, 9.17) is 27.9 Å². The standard InChI is InChI=1S/C20H26Cl2N4O3/c1-3-19(27)26-5-4-14(13-26)24-6-8-25(9-7-24)20(28)12-23-17-10-15(21)16(22)11-18(17)29-2/h3,10-11,14,23H,1,4-9,12-13H2,2H3. The maximum Gasteiger partial charge on any atom is 0.246 e. The van der Waals surface area contributed by atoms with Crippen LogP contribution in [-0.4, -0.2) is 85.5 Å². The highest BCUT2D eigenvalue weighted by Crippen LogP contribution is 2.34. The zero-order valence-corrected chi connectivity index (χ0v) is 18.0. The monoisotopic (exact) mass is 440 g/mol. The average Bonchev–Trinajstić information content (AvgIpc) is 3.23. The third kappa shape index (κ3) is 5.15. The van der Waals surface area contributed by atoms with E-state index in [-0.39, 0.29) is 18.4 Å². The van der Waals surface area contributed by atoms with Crippen LogP contribution in [0, 0.1) is 0 Å². The fraction of sp³-hybridized carbons (Fsp3) is 0.500. The first-order chi connectivity index (χ1) is 13.9. The molecule has 2 heterocycles. The van der Waals surface area contributed by atoms with Crippen molar-refractivity contribution in [2.45, 2.75) is 12.5 Å². The van der Waals surface area contributed by atoms with Crippen LogP contribution in [0.15, 0.2) is 24.8 Å². The van der Waals surface area contributed by atoms with E-state index >= 15 is 0 Å². The first-order valence-electron chi connectivity index (χ1n) is 9.63. The number of nitrogens with one attached hydrogen (secondary N) is 1. The number of likely N-dealkylation sites (tertiary alicyclic amines) is 1. The quantitative estimate of drug-likeness (QED) is 0.687. The van der Waals surface area contributed by atoms with Crippen molar-refractivity contribution >= 4 is 40.7 Å². The minimum absolute atomic E-state index is 0.00915. The molecule has 158 valence electrons. The van der Waals surface area contributed by atoms with Crippen LogP contribution < -0.4 is 10.1 Å². The van der Waals surface area contributed by atoms with E-state index in [1.807, 2.05) is 9.80 Å². The Labute approximate surface area is 181 Å². The first kappa shape index (κ1) is 21.7. The molecule has 0 bridgehead atoms. The second kappa shape index (κ2) is 9.69. The molecule has 2 fully saturated rings. The summed E-state index contributed by atoms with van der Waals surface area (Å²) in [5.74, 6) is 0.551. The van der Waals surface area contributed by atoms with Crippen LogP contribution in [0.4, 0.5) is 5.69 Å². The number of benzene rings is 1. The molecule has 0 radical (unpaired) electrons. The van der Waals surface area contributed by atoms with Crippen LogP contribution >= 0.6 is 23.2 Å². The van der Waals surface area contributed by atoms with E-state index in [1.165, 1.54) is 6.08 Å². The number of halogens is 2. The molecular weight excluding hydrogens is 415 g/mol. The van der Waals surface area contributed by atoms with Crippen molar-refractivity contribution in [3.05, 3.63) is 34.8 Å². The van der Waals surface area contributed by atoms with Gasteiger partial charge in [-0.2, -0.15) is 0 Å². The Kier molecular flexibility index (Phi) is 7.27. The molecule has 7 nitrogen and oxygen atoms in total. The summed E-state index contributed by atoms with van der Waals surface area (Å²) in [6.07, 6.45) is 2.33.